The molecule has 2 aromatic carbocycles. The van der Waals surface area contributed by atoms with E-state index in [1.54, 1.807) is 30.3 Å². The molecule has 146 valence electrons. The van der Waals surface area contributed by atoms with Crippen LogP contribution in [0.2, 0.25) is 15.1 Å². The number of unbranched alkanes of at least 4 members (excludes halogenated alkanes) is 4. The largest absolute Gasteiger partial charge is 0.490 e. The number of carbonyl (C=O) groups is 1. The number of hydrogen-bond donors (Lipinski definition) is 1. The van der Waals surface area contributed by atoms with Crippen LogP contribution in [0.25, 0.3) is 0 Å². The number of anilines is 1. The van der Waals surface area contributed by atoms with Gasteiger partial charge < -0.3 is 10.1 Å². The molecule has 0 spiro atoms. The summed E-state index contributed by atoms with van der Waals surface area (Å²) in [7, 11) is 0. The summed E-state index contributed by atoms with van der Waals surface area (Å²) >= 11 is 18.7. The number of rotatable bonds is 9. The van der Waals surface area contributed by atoms with Crippen LogP contribution in [0.4, 0.5) is 5.69 Å². The van der Waals surface area contributed by atoms with Crippen LogP contribution in [0.1, 0.15) is 54.9 Å². The first-order chi connectivity index (χ1) is 12.9. The molecule has 0 aliphatic heterocycles. The summed E-state index contributed by atoms with van der Waals surface area (Å²) in [5.74, 6) is 0.111. The first-order valence-electron chi connectivity index (χ1n) is 9.12. The Morgan fingerprint density at radius 3 is 2.33 bits per heavy atom. The van der Waals surface area contributed by atoms with Crippen molar-refractivity contribution in [2.75, 3.05) is 11.9 Å². The van der Waals surface area contributed by atoms with E-state index in [1.807, 2.05) is 6.92 Å². The number of nitrogens with one attached hydrogen (secondary N) is 1. The lowest BCUT2D eigenvalue weighted by Crippen LogP contribution is -2.13. The molecule has 0 saturated heterocycles. The Morgan fingerprint density at radius 1 is 1.00 bits per heavy atom. The first-order valence-corrected chi connectivity index (χ1v) is 10.3. The van der Waals surface area contributed by atoms with Crippen LogP contribution < -0.4 is 10.1 Å². The predicted molar refractivity (Wildman–Crippen MR) is 115 cm³/mol. The Hall–Kier alpha value is -1.42. The number of amides is 1. The number of carbonyl (C=O) groups excluding carboxylic acids is 1. The summed E-state index contributed by atoms with van der Waals surface area (Å²) in [5, 5.41) is 4.07. The summed E-state index contributed by atoms with van der Waals surface area (Å²) in [5.41, 5.74) is 1.81. The fraction of sp³-hybridized carbons (Fsp3) is 0.381. The van der Waals surface area contributed by atoms with Gasteiger partial charge in [-0.05, 0) is 43.2 Å². The van der Waals surface area contributed by atoms with Gasteiger partial charge in [0.05, 0.1) is 16.7 Å². The van der Waals surface area contributed by atoms with E-state index in [4.69, 9.17) is 39.5 Å². The Balaban J connectivity index is 2.02. The Kier molecular flexibility index (Phi) is 8.75. The molecule has 0 aromatic heterocycles. The van der Waals surface area contributed by atoms with Crippen LogP contribution in [0.5, 0.6) is 5.75 Å². The molecule has 0 radical (unpaired) electrons. The van der Waals surface area contributed by atoms with Gasteiger partial charge in [-0.25, -0.2) is 0 Å². The number of ether oxygens (including phenoxy) is 1. The monoisotopic (exact) mass is 427 g/mol. The lowest BCUT2D eigenvalue weighted by atomic mass is 10.1. The molecule has 2 rings (SSSR count). The molecule has 0 unspecified atom stereocenters. The Morgan fingerprint density at radius 2 is 1.67 bits per heavy atom. The molecule has 0 aliphatic carbocycles. The quantitative estimate of drug-likeness (QED) is 0.418. The van der Waals surface area contributed by atoms with Crippen LogP contribution in [0, 0.1) is 6.92 Å². The second-order valence-corrected chi connectivity index (χ2v) is 7.62. The van der Waals surface area contributed by atoms with E-state index in [1.165, 1.54) is 19.3 Å². The summed E-state index contributed by atoms with van der Waals surface area (Å²) in [6, 6.07) is 8.47. The lowest BCUT2D eigenvalue weighted by Gasteiger charge is -2.13. The van der Waals surface area contributed by atoms with Crippen LogP contribution in [-0.2, 0) is 0 Å². The molecule has 0 saturated carbocycles. The van der Waals surface area contributed by atoms with Gasteiger partial charge in [0.1, 0.15) is 0 Å². The second-order valence-electron chi connectivity index (χ2n) is 6.40. The van der Waals surface area contributed by atoms with E-state index in [9.17, 15) is 4.79 Å². The van der Waals surface area contributed by atoms with Crippen LogP contribution in [-0.4, -0.2) is 12.5 Å². The maximum atomic E-state index is 12.5. The molecule has 27 heavy (non-hydrogen) atoms. The highest BCUT2D eigenvalue weighted by molar-refractivity contribution is 6.38. The SMILES string of the molecule is CCCCCCCOc1c(Cl)cc(C(=O)Nc2cccc(Cl)c2C)cc1Cl. The molecular weight excluding hydrogens is 405 g/mol. The van der Waals surface area contributed by atoms with E-state index < -0.39 is 0 Å². The molecule has 2 aromatic rings. The van der Waals surface area contributed by atoms with Crippen molar-refractivity contribution in [2.45, 2.75) is 46.0 Å². The Labute approximate surface area is 176 Å². The lowest BCUT2D eigenvalue weighted by molar-refractivity contribution is 0.102. The minimum absolute atomic E-state index is 0.310. The van der Waals surface area contributed by atoms with Gasteiger partial charge in [-0.2, -0.15) is 0 Å². The van der Waals surface area contributed by atoms with Gasteiger partial charge in [0.15, 0.2) is 5.75 Å². The van der Waals surface area contributed by atoms with Gasteiger partial charge in [0, 0.05) is 16.3 Å². The zero-order valence-electron chi connectivity index (χ0n) is 15.6. The van der Waals surface area contributed by atoms with E-state index in [0.717, 1.165) is 18.4 Å². The maximum absolute atomic E-state index is 12.5. The van der Waals surface area contributed by atoms with Crippen molar-refractivity contribution in [3.05, 3.63) is 56.5 Å². The standard InChI is InChI=1S/C21H24Cl3NO2/c1-3-4-5-6-7-11-27-20-17(23)12-15(13-18(20)24)21(26)25-19-10-8-9-16(22)14(19)2/h8-10,12-13H,3-7,11H2,1-2H3,(H,25,26). The van der Waals surface area contributed by atoms with Crippen molar-refractivity contribution in [1.29, 1.82) is 0 Å². The first kappa shape index (κ1) is 21.9. The van der Waals surface area contributed by atoms with Gasteiger partial charge in [0.25, 0.3) is 5.91 Å². The molecule has 0 aliphatic rings. The molecule has 0 heterocycles. The number of benzene rings is 2. The smallest absolute Gasteiger partial charge is 0.255 e. The fourth-order valence-corrected chi connectivity index (χ4v) is 3.42. The van der Waals surface area contributed by atoms with E-state index in [0.29, 0.717) is 38.7 Å². The Bertz CT molecular complexity index is 770. The molecule has 0 fully saturated rings. The topological polar surface area (TPSA) is 38.3 Å². The third-order valence-corrected chi connectivity index (χ3v) is 5.24. The zero-order chi connectivity index (χ0) is 19.8. The highest BCUT2D eigenvalue weighted by Crippen LogP contribution is 2.35. The molecule has 0 atom stereocenters. The number of hydrogen-bond acceptors (Lipinski definition) is 2. The van der Waals surface area contributed by atoms with Crippen LogP contribution in [0.15, 0.2) is 30.3 Å². The highest BCUT2D eigenvalue weighted by atomic mass is 35.5. The van der Waals surface area contributed by atoms with Crippen molar-refractivity contribution in [2.24, 2.45) is 0 Å². The molecule has 6 heteroatoms. The van der Waals surface area contributed by atoms with E-state index >= 15 is 0 Å². The number of halogens is 3. The van der Waals surface area contributed by atoms with Crippen molar-refractivity contribution in [3.8, 4) is 5.75 Å². The summed E-state index contributed by atoms with van der Waals surface area (Å²) in [6.45, 7) is 4.58. The highest BCUT2D eigenvalue weighted by Gasteiger charge is 2.15. The molecular formula is C21H24Cl3NO2. The van der Waals surface area contributed by atoms with Crippen LogP contribution >= 0.6 is 34.8 Å². The van der Waals surface area contributed by atoms with Crippen molar-refractivity contribution in [3.63, 3.8) is 0 Å². The molecule has 3 nitrogen and oxygen atoms in total. The average molecular weight is 429 g/mol. The van der Waals surface area contributed by atoms with Crippen LogP contribution in [0.3, 0.4) is 0 Å². The molecule has 1 amide bonds. The molecule has 1 N–H and O–H groups in total. The third kappa shape index (κ3) is 6.31. The predicted octanol–water partition coefficient (Wildman–Crippen LogP) is 7.56. The minimum Gasteiger partial charge on any atom is -0.490 e. The van der Waals surface area contributed by atoms with E-state index in [-0.39, 0.29) is 5.91 Å². The van der Waals surface area contributed by atoms with Gasteiger partial charge in [-0.15, -0.1) is 0 Å². The normalized spacial score (nSPS) is 10.7. The fourth-order valence-electron chi connectivity index (χ4n) is 2.65. The second kappa shape index (κ2) is 10.8. The van der Waals surface area contributed by atoms with E-state index in [2.05, 4.69) is 12.2 Å². The molecule has 0 bridgehead atoms. The summed E-state index contributed by atoms with van der Waals surface area (Å²) < 4.78 is 5.72. The van der Waals surface area contributed by atoms with Gasteiger partial charge in [-0.1, -0.05) is 73.5 Å². The minimum atomic E-state index is -0.310. The maximum Gasteiger partial charge on any atom is 0.255 e. The average Bonchev–Trinajstić information content (AvgIpc) is 2.63. The zero-order valence-corrected chi connectivity index (χ0v) is 17.8. The van der Waals surface area contributed by atoms with Gasteiger partial charge in [-0.3, -0.25) is 4.79 Å². The van der Waals surface area contributed by atoms with Crippen molar-refractivity contribution in [1.82, 2.24) is 0 Å². The van der Waals surface area contributed by atoms with Crippen molar-refractivity contribution < 1.29 is 9.53 Å². The van der Waals surface area contributed by atoms with Gasteiger partial charge >= 0.3 is 0 Å². The summed E-state index contributed by atoms with van der Waals surface area (Å²) in [4.78, 5) is 12.5. The van der Waals surface area contributed by atoms with Gasteiger partial charge in [0.2, 0.25) is 0 Å². The van der Waals surface area contributed by atoms with Crippen molar-refractivity contribution >= 4 is 46.4 Å². The third-order valence-electron chi connectivity index (χ3n) is 4.27. The summed E-state index contributed by atoms with van der Waals surface area (Å²) in [6.07, 6.45) is 5.70.